The Morgan fingerprint density at radius 2 is 1.85 bits per heavy atom. The van der Waals surface area contributed by atoms with Gasteiger partial charge in [0.1, 0.15) is 0 Å². The number of rotatable bonds is 4. The van der Waals surface area contributed by atoms with Crippen molar-refractivity contribution in [2.45, 2.75) is 66.2 Å². The van der Waals surface area contributed by atoms with Crippen LogP contribution in [0.2, 0.25) is 0 Å². The van der Waals surface area contributed by atoms with E-state index < -0.39 is 0 Å². The molecule has 2 aliphatic carbocycles. The van der Waals surface area contributed by atoms with Crippen LogP contribution in [0.4, 0.5) is 0 Å². The Balaban J connectivity index is 1.97. The first-order chi connectivity index (χ1) is 9.47. The highest BCUT2D eigenvalue weighted by Crippen LogP contribution is 2.40. The van der Waals surface area contributed by atoms with E-state index in [4.69, 9.17) is 0 Å². The second-order valence-electron chi connectivity index (χ2n) is 7.65. The summed E-state index contributed by atoms with van der Waals surface area (Å²) in [7, 11) is 0. The fourth-order valence-electron chi connectivity index (χ4n) is 4.25. The molecule has 0 aliphatic heterocycles. The second-order valence-corrected chi connectivity index (χ2v) is 7.65. The second kappa shape index (κ2) is 6.96. The third-order valence-electron chi connectivity index (χ3n) is 5.78. The van der Waals surface area contributed by atoms with Crippen LogP contribution in [0.15, 0.2) is 23.3 Å². The minimum Gasteiger partial charge on any atom is -0.0853 e. The molecular weight excluding hydrogens is 240 g/mol. The molecule has 0 heterocycles. The van der Waals surface area contributed by atoms with Crippen molar-refractivity contribution in [2.75, 3.05) is 0 Å². The van der Waals surface area contributed by atoms with E-state index in [1.165, 1.54) is 38.5 Å². The summed E-state index contributed by atoms with van der Waals surface area (Å²) in [6, 6.07) is 0. The molecule has 2 aliphatic rings. The Kier molecular flexibility index (Phi) is 5.52. The van der Waals surface area contributed by atoms with Crippen LogP contribution in [0.3, 0.4) is 0 Å². The van der Waals surface area contributed by atoms with E-state index in [0.29, 0.717) is 5.92 Å². The van der Waals surface area contributed by atoms with Crippen molar-refractivity contribution in [2.24, 2.45) is 29.6 Å². The largest absolute Gasteiger partial charge is 0.0853 e. The van der Waals surface area contributed by atoms with E-state index in [1.54, 1.807) is 11.1 Å². The van der Waals surface area contributed by atoms with Gasteiger partial charge in [0.2, 0.25) is 0 Å². The van der Waals surface area contributed by atoms with Crippen molar-refractivity contribution in [1.29, 1.82) is 0 Å². The normalized spacial score (nSPS) is 32.8. The highest BCUT2D eigenvalue weighted by molar-refractivity contribution is 5.09. The number of hydrogen-bond acceptors (Lipinski definition) is 0. The Labute approximate surface area is 126 Å². The Morgan fingerprint density at radius 3 is 2.45 bits per heavy atom. The molecule has 20 heavy (non-hydrogen) atoms. The standard InChI is InChI=1S/C20H33/c1-14(2)20-11-8-16(4)12-19(20)13-17(5)18-9-6-15(3)7-10-18/h6,12,14,17-20H,1,7-11,13H2,2-5H3. The van der Waals surface area contributed by atoms with Crippen LogP contribution in [0.5, 0.6) is 0 Å². The lowest BCUT2D eigenvalue weighted by atomic mass is 9.69. The van der Waals surface area contributed by atoms with Gasteiger partial charge >= 0.3 is 0 Å². The van der Waals surface area contributed by atoms with Crippen molar-refractivity contribution >= 4 is 0 Å². The molecule has 0 aromatic carbocycles. The van der Waals surface area contributed by atoms with E-state index in [0.717, 1.165) is 23.7 Å². The monoisotopic (exact) mass is 273 g/mol. The van der Waals surface area contributed by atoms with Gasteiger partial charge in [0.25, 0.3) is 0 Å². The molecule has 0 saturated carbocycles. The first-order valence-corrected chi connectivity index (χ1v) is 8.63. The predicted octanol–water partition coefficient (Wildman–Crippen LogP) is 6.20. The van der Waals surface area contributed by atoms with Crippen LogP contribution >= 0.6 is 0 Å². The minimum atomic E-state index is 0.588. The van der Waals surface area contributed by atoms with Crippen molar-refractivity contribution in [3.05, 3.63) is 30.2 Å². The topological polar surface area (TPSA) is 0 Å². The Hall–Kier alpha value is -0.520. The fraction of sp³-hybridized carbons (Fsp3) is 0.750. The van der Waals surface area contributed by atoms with Crippen LogP contribution < -0.4 is 0 Å². The number of hydrogen-bond donors (Lipinski definition) is 0. The molecule has 0 aromatic heterocycles. The van der Waals surface area contributed by atoms with Crippen molar-refractivity contribution in [3.8, 4) is 0 Å². The van der Waals surface area contributed by atoms with Crippen molar-refractivity contribution < 1.29 is 0 Å². The maximum absolute atomic E-state index is 4.33. The van der Waals surface area contributed by atoms with E-state index in [-0.39, 0.29) is 0 Å². The molecule has 2 rings (SSSR count). The van der Waals surface area contributed by atoms with Gasteiger partial charge in [-0.2, -0.15) is 0 Å². The molecule has 0 aromatic rings. The summed E-state index contributed by atoms with van der Waals surface area (Å²) in [4.78, 5) is 0. The third kappa shape index (κ3) is 3.99. The maximum atomic E-state index is 4.33. The van der Waals surface area contributed by atoms with Gasteiger partial charge in [0.05, 0.1) is 0 Å². The van der Waals surface area contributed by atoms with Crippen LogP contribution in [-0.2, 0) is 0 Å². The fourth-order valence-corrected chi connectivity index (χ4v) is 4.25. The molecule has 0 fully saturated rings. The van der Waals surface area contributed by atoms with Crippen molar-refractivity contribution in [3.63, 3.8) is 0 Å². The molecule has 1 radical (unpaired) electrons. The first-order valence-electron chi connectivity index (χ1n) is 8.63. The summed E-state index contributed by atoms with van der Waals surface area (Å²) >= 11 is 0. The highest BCUT2D eigenvalue weighted by atomic mass is 14.3. The quantitative estimate of drug-likeness (QED) is 0.535. The summed E-state index contributed by atoms with van der Waals surface area (Å²) in [5.41, 5.74) is 3.21. The third-order valence-corrected chi connectivity index (χ3v) is 5.78. The molecule has 5 unspecified atom stereocenters. The zero-order valence-corrected chi connectivity index (χ0v) is 14.0. The van der Waals surface area contributed by atoms with E-state index in [1.807, 2.05) is 0 Å². The van der Waals surface area contributed by atoms with Crippen LogP contribution in [0, 0.1) is 36.5 Å². The average molecular weight is 273 g/mol. The lowest BCUT2D eigenvalue weighted by Crippen LogP contribution is -2.26. The van der Waals surface area contributed by atoms with Crippen LogP contribution in [0.1, 0.15) is 66.2 Å². The lowest BCUT2D eigenvalue weighted by molar-refractivity contribution is 0.208. The van der Waals surface area contributed by atoms with E-state index >= 15 is 0 Å². The zero-order valence-electron chi connectivity index (χ0n) is 14.0. The SMILES string of the molecule is [CH2]C(C)C1CCC(C)=CC1CC(C)C1CC=C(C)CC1. The molecule has 0 nitrogen and oxygen atoms in total. The number of allylic oxidation sites excluding steroid dienone is 4. The van der Waals surface area contributed by atoms with Gasteiger partial charge in [0, 0.05) is 0 Å². The van der Waals surface area contributed by atoms with Gasteiger partial charge in [0.15, 0.2) is 0 Å². The smallest absolute Gasteiger partial charge is 0.0197 e. The molecular formula is C20H33. The summed E-state index contributed by atoms with van der Waals surface area (Å²) in [5.74, 6) is 3.94. The molecule has 0 N–H and O–H groups in total. The lowest BCUT2D eigenvalue weighted by Gasteiger charge is -2.36. The summed E-state index contributed by atoms with van der Waals surface area (Å²) in [6.07, 6.45) is 13.1. The Bertz CT molecular complexity index is 371. The van der Waals surface area contributed by atoms with Gasteiger partial charge in [-0.1, -0.05) is 44.1 Å². The van der Waals surface area contributed by atoms with Gasteiger partial charge in [-0.05, 0) is 82.0 Å². The zero-order chi connectivity index (χ0) is 14.7. The van der Waals surface area contributed by atoms with Gasteiger partial charge in [-0.25, -0.2) is 0 Å². The van der Waals surface area contributed by atoms with E-state index in [2.05, 4.69) is 46.8 Å². The summed E-state index contributed by atoms with van der Waals surface area (Å²) < 4.78 is 0. The minimum absolute atomic E-state index is 0.588. The maximum Gasteiger partial charge on any atom is -0.0197 e. The van der Waals surface area contributed by atoms with Crippen LogP contribution in [0.25, 0.3) is 0 Å². The van der Waals surface area contributed by atoms with Crippen molar-refractivity contribution in [1.82, 2.24) is 0 Å². The molecule has 0 bridgehead atoms. The molecule has 0 spiro atoms. The first kappa shape index (κ1) is 15.9. The highest BCUT2D eigenvalue weighted by Gasteiger charge is 2.29. The van der Waals surface area contributed by atoms with E-state index in [9.17, 15) is 0 Å². The van der Waals surface area contributed by atoms with Gasteiger partial charge < -0.3 is 0 Å². The summed E-state index contributed by atoms with van der Waals surface area (Å²) in [6.45, 7) is 13.7. The Morgan fingerprint density at radius 1 is 1.15 bits per heavy atom. The van der Waals surface area contributed by atoms with Gasteiger partial charge in [-0.15, -0.1) is 0 Å². The molecule has 0 saturated heterocycles. The van der Waals surface area contributed by atoms with Crippen LogP contribution in [-0.4, -0.2) is 0 Å². The average Bonchev–Trinajstić information content (AvgIpc) is 2.39. The molecule has 5 atom stereocenters. The predicted molar refractivity (Wildman–Crippen MR) is 89.4 cm³/mol. The molecule has 0 amide bonds. The molecule has 0 heteroatoms. The summed E-state index contributed by atoms with van der Waals surface area (Å²) in [5, 5.41) is 0. The van der Waals surface area contributed by atoms with Gasteiger partial charge in [-0.3, -0.25) is 0 Å². The molecule has 113 valence electrons.